The fourth-order valence-electron chi connectivity index (χ4n) is 2.60. The molecule has 2 aliphatic rings. The summed E-state index contributed by atoms with van der Waals surface area (Å²) in [5, 5.41) is 2.74. The van der Waals surface area contributed by atoms with Crippen molar-refractivity contribution in [2.24, 2.45) is 0 Å². The summed E-state index contributed by atoms with van der Waals surface area (Å²) in [7, 11) is -2.97. The molecule has 1 aliphatic carbocycles. The zero-order chi connectivity index (χ0) is 18.0. The van der Waals surface area contributed by atoms with Crippen molar-refractivity contribution in [3.63, 3.8) is 0 Å². The summed E-state index contributed by atoms with van der Waals surface area (Å²) < 4.78 is 28.5. The molecule has 6 nitrogen and oxygen atoms in total. The van der Waals surface area contributed by atoms with Gasteiger partial charge < -0.3 is 10.1 Å². The van der Waals surface area contributed by atoms with Crippen LogP contribution >= 0.6 is 11.8 Å². The Hall–Kier alpha value is -1.54. The quantitative estimate of drug-likeness (QED) is 0.754. The van der Waals surface area contributed by atoms with Crippen LogP contribution in [0.4, 0.5) is 0 Å². The van der Waals surface area contributed by atoms with Gasteiger partial charge in [-0.15, -0.1) is 11.8 Å². The third kappa shape index (κ3) is 4.98. The highest BCUT2D eigenvalue weighted by Gasteiger charge is 2.31. The minimum absolute atomic E-state index is 0.0606. The van der Waals surface area contributed by atoms with E-state index in [9.17, 15) is 18.0 Å². The van der Waals surface area contributed by atoms with Crippen LogP contribution in [0.2, 0.25) is 0 Å². The van der Waals surface area contributed by atoms with Gasteiger partial charge in [0, 0.05) is 16.2 Å². The van der Waals surface area contributed by atoms with Crippen LogP contribution in [0.1, 0.15) is 36.5 Å². The smallest absolute Gasteiger partial charge is 0.340 e. The zero-order valence-electron chi connectivity index (χ0n) is 13.9. The lowest BCUT2D eigenvalue weighted by Gasteiger charge is -2.15. The first-order valence-electron chi connectivity index (χ1n) is 8.31. The zero-order valence-corrected chi connectivity index (χ0v) is 15.6. The number of esters is 1. The van der Waals surface area contributed by atoms with Gasteiger partial charge in [0.05, 0.1) is 17.1 Å². The Morgan fingerprint density at radius 3 is 2.60 bits per heavy atom. The number of thioether (sulfide) groups is 1. The molecule has 0 spiro atoms. The van der Waals surface area contributed by atoms with Crippen LogP contribution in [0, 0.1) is 0 Å². The highest BCUT2D eigenvalue weighted by molar-refractivity contribution is 8.02. The Kier molecular flexibility index (Phi) is 5.38. The molecule has 3 rings (SSSR count). The maximum atomic E-state index is 12.4. The molecule has 1 saturated heterocycles. The van der Waals surface area contributed by atoms with E-state index >= 15 is 0 Å². The molecule has 8 heteroatoms. The van der Waals surface area contributed by atoms with Crippen LogP contribution in [0.25, 0.3) is 0 Å². The maximum absolute atomic E-state index is 12.4. The highest BCUT2D eigenvalue weighted by Crippen LogP contribution is 2.33. The van der Waals surface area contributed by atoms with E-state index < -0.39 is 21.9 Å². The number of rotatable bonds is 6. The number of nitrogens with one attached hydrogen (secondary N) is 1. The molecule has 1 amide bonds. The van der Waals surface area contributed by atoms with Gasteiger partial charge in [0.25, 0.3) is 5.91 Å². The summed E-state index contributed by atoms with van der Waals surface area (Å²) >= 11 is 1.38. The minimum atomic E-state index is -2.97. The van der Waals surface area contributed by atoms with Crippen LogP contribution in [0.3, 0.4) is 0 Å². The SMILES string of the molecule is C[C@H](OC(=O)c1ccccc1S[C@H]1CCS(=O)(=O)C1)C(=O)NC1CC1. The van der Waals surface area contributed by atoms with Crippen LogP contribution in [-0.2, 0) is 19.4 Å². The van der Waals surface area contributed by atoms with Crippen LogP contribution < -0.4 is 5.32 Å². The lowest BCUT2D eigenvalue weighted by Crippen LogP contribution is -2.37. The molecule has 0 bridgehead atoms. The Labute approximate surface area is 151 Å². The summed E-state index contributed by atoms with van der Waals surface area (Å²) in [4.78, 5) is 25.1. The molecule has 1 N–H and O–H groups in total. The van der Waals surface area contributed by atoms with Gasteiger partial charge in [0.15, 0.2) is 15.9 Å². The molecule has 25 heavy (non-hydrogen) atoms. The largest absolute Gasteiger partial charge is 0.449 e. The molecule has 0 aromatic heterocycles. The van der Waals surface area contributed by atoms with Crippen molar-refractivity contribution in [1.82, 2.24) is 5.32 Å². The van der Waals surface area contributed by atoms with E-state index in [2.05, 4.69) is 5.32 Å². The number of sulfone groups is 1. The predicted molar refractivity (Wildman–Crippen MR) is 95.4 cm³/mol. The second-order valence-electron chi connectivity index (χ2n) is 6.47. The summed E-state index contributed by atoms with van der Waals surface area (Å²) in [6.45, 7) is 1.55. The predicted octanol–water partition coefficient (Wildman–Crippen LogP) is 1.79. The van der Waals surface area contributed by atoms with Gasteiger partial charge in [0.2, 0.25) is 0 Å². The van der Waals surface area contributed by atoms with Crippen molar-refractivity contribution >= 4 is 33.5 Å². The van der Waals surface area contributed by atoms with Crippen molar-refractivity contribution in [3.8, 4) is 0 Å². The van der Waals surface area contributed by atoms with E-state index in [0.29, 0.717) is 16.9 Å². The topological polar surface area (TPSA) is 89.5 Å². The van der Waals surface area contributed by atoms with Gasteiger partial charge >= 0.3 is 5.97 Å². The van der Waals surface area contributed by atoms with E-state index in [1.165, 1.54) is 11.8 Å². The summed E-state index contributed by atoms with van der Waals surface area (Å²) in [5.41, 5.74) is 0.364. The van der Waals surface area contributed by atoms with Crippen molar-refractivity contribution in [3.05, 3.63) is 29.8 Å². The van der Waals surface area contributed by atoms with Gasteiger partial charge in [-0.05, 0) is 38.3 Å². The summed E-state index contributed by atoms with van der Waals surface area (Å²) in [6, 6.07) is 7.15. The number of carbonyl (C=O) groups excluding carboxylic acids is 2. The van der Waals surface area contributed by atoms with Crippen molar-refractivity contribution < 1.29 is 22.7 Å². The van der Waals surface area contributed by atoms with Crippen molar-refractivity contribution in [2.75, 3.05) is 11.5 Å². The Morgan fingerprint density at radius 1 is 1.24 bits per heavy atom. The molecule has 1 saturated carbocycles. The number of carbonyl (C=O) groups is 2. The van der Waals surface area contributed by atoms with Gasteiger partial charge in [0.1, 0.15) is 0 Å². The third-order valence-electron chi connectivity index (χ3n) is 4.17. The van der Waals surface area contributed by atoms with Crippen LogP contribution in [0.5, 0.6) is 0 Å². The lowest BCUT2D eigenvalue weighted by molar-refractivity contribution is -0.129. The molecule has 1 aliphatic heterocycles. The van der Waals surface area contributed by atoms with E-state index in [4.69, 9.17) is 4.74 Å². The Morgan fingerprint density at radius 2 is 1.96 bits per heavy atom. The van der Waals surface area contributed by atoms with Gasteiger partial charge in [-0.2, -0.15) is 0 Å². The Bertz CT molecular complexity index is 773. The van der Waals surface area contributed by atoms with E-state index in [1.54, 1.807) is 31.2 Å². The second-order valence-corrected chi connectivity index (χ2v) is 10.0. The number of hydrogen-bond donors (Lipinski definition) is 1. The average Bonchev–Trinajstić information content (AvgIpc) is 3.30. The molecule has 2 fully saturated rings. The van der Waals surface area contributed by atoms with E-state index in [-0.39, 0.29) is 28.7 Å². The molecule has 0 radical (unpaired) electrons. The molecule has 1 aromatic rings. The number of hydrogen-bond acceptors (Lipinski definition) is 6. The normalized spacial score (nSPS) is 23.0. The first-order valence-corrected chi connectivity index (χ1v) is 11.0. The minimum Gasteiger partial charge on any atom is -0.449 e. The maximum Gasteiger partial charge on any atom is 0.340 e. The first-order chi connectivity index (χ1) is 11.8. The molecule has 2 atom stereocenters. The molecular formula is C17H21NO5S2. The van der Waals surface area contributed by atoms with E-state index in [0.717, 1.165) is 12.8 Å². The molecular weight excluding hydrogens is 362 g/mol. The standard InChI is InChI=1S/C17H21NO5S2/c1-11(16(19)18-12-6-7-12)23-17(20)14-4-2-3-5-15(14)24-13-8-9-25(21,22)10-13/h2-5,11-13H,6-10H2,1H3,(H,18,19)/t11-,13-/m0/s1. The molecule has 0 unspecified atom stereocenters. The van der Waals surface area contributed by atoms with Crippen LogP contribution in [-0.4, -0.2) is 49.2 Å². The average molecular weight is 383 g/mol. The fourth-order valence-corrected chi connectivity index (χ4v) is 6.21. The molecule has 1 heterocycles. The first kappa shape index (κ1) is 18.3. The van der Waals surface area contributed by atoms with E-state index in [1.807, 2.05) is 0 Å². The van der Waals surface area contributed by atoms with Crippen molar-refractivity contribution in [1.29, 1.82) is 0 Å². The van der Waals surface area contributed by atoms with Gasteiger partial charge in [-0.1, -0.05) is 12.1 Å². The molecule has 136 valence electrons. The molecule has 1 aromatic carbocycles. The summed E-state index contributed by atoms with van der Waals surface area (Å²) in [5.74, 6) is -0.540. The van der Waals surface area contributed by atoms with Crippen molar-refractivity contribution in [2.45, 2.75) is 48.5 Å². The lowest BCUT2D eigenvalue weighted by atomic mass is 10.2. The Balaban J connectivity index is 1.65. The highest BCUT2D eigenvalue weighted by atomic mass is 32.2. The number of amides is 1. The third-order valence-corrected chi connectivity index (χ3v) is 7.49. The van der Waals surface area contributed by atoms with Gasteiger partial charge in [-0.3, -0.25) is 4.79 Å². The second kappa shape index (κ2) is 7.37. The summed E-state index contributed by atoms with van der Waals surface area (Å²) in [6.07, 6.45) is 1.65. The monoisotopic (exact) mass is 383 g/mol. The fraction of sp³-hybridized carbons (Fsp3) is 0.529. The number of benzene rings is 1. The van der Waals surface area contributed by atoms with Gasteiger partial charge in [-0.25, -0.2) is 13.2 Å². The number of ether oxygens (including phenoxy) is 1. The van der Waals surface area contributed by atoms with Crippen LogP contribution in [0.15, 0.2) is 29.2 Å².